The van der Waals surface area contributed by atoms with Gasteiger partial charge in [-0.25, -0.2) is 0 Å². The molecule has 1 saturated heterocycles. The van der Waals surface area contributed by atoms with E-state index in [1.807, 2.05) is 23.1 Å². The lowest BCUT2D eigenvalue weighted by Crippen LogP contribution is -2.30. The van der Waals surface area contributed by atoms with Gasteiger partial charge in [0.2, 0.25) is 5.91 Å². The predicted molar refractivity (Wildman–Crippen MR) is 105 cm³/mol. The highest BCUT2D eigenvalue weighted by Gasteiger charge is 2.26. The molecule has 5 heteroatoms. The van der Waals surface area contributed by atoms with Crippen molar-refractivity contribution in [1.82, 2.24) is 0 Å². The van der Waals surface area contributed by atoms with E-state index >= 15 is 0 Å². The van der Waals surface area contributed by atoms with Crippen molar-refractivity contribution in [2.24, 2.45) is 0 Å². The van der Waals surface area contributed by atoms with Crippen LogP contribution < -0.4 is 19.3 Å². The van der Waals surface area contributed by atoms with Crippen LogP contribution in [0.25, 0.3) is 0 Å². The van der Waals surface area contributed by atoms with Gasteiger partial charge >= 0.3 is 0 Å². The Morgan fingerprint density at radius 2 is 1.74 bits per heavy atom. The average molecular weight is 364 g/mol. The summed E-state index contributed by atoms with van der Waals surface area (Å²) in [7, 11) is 0. The van der Waals surface area contributed by atoms with Gasteiger partial charge in [-0.15, -0.1) is 0 Å². The topological polar surface area (TPSA) is 42.0 Å². The summed E-state index contributed by atoms with van der Waals surface area (Å²) < 4.78 is 11.2. The van der Waals surface area contributed by atoms with Crippen LogP contribution in [0.4, 0.5) is 11.4 Å². The zero-order valence-electron chi connectivity index (χ0n) is 15.4. The second kappa shape index (κ2) is 6.80. The van der Waals surface area contributed by atoms with Crippen LogP contribution in [0.15, 0.2) is 36.4 Å². The van der Waals surface area contributed by atoms with Gasteiger partial charge in [-0.3, -0.25) is 4.79 Å². The quantitative estimate of drug-likeness (QED) is 0.839. The fourth-order valence-corrected chi connectivity index (χ4v) is 4.27. The van der Waals surface area contributed by atoms with E-state index in [1.54, 1.807) is 0 Å². The number of ether oxygens (including phenoxy) is 2. The third-order valence-corrected chi connectivity index (χ3v) is 5.70. The van der Waals surface area contributed by atoms with Crippen LogP contribution in [0, 0.1) is 0 Å². The van der Waals surface area contributed by atoms with Crippen LogP contribution in [0.1, 0.15) is 24.0 Å². The third kappa shape index (κ3) is 3.11. The van der Waals surface area contributed by atoms with Crippen molar-refractivity contribution in [2.75, 3.05) is 42.6 Å². The summed E-state index contributed by atoms with van der Waals surface area (Å²) in [5, 5.41) is 0. The van der Waals surface area contributed by atoms with Gasteiger partial charge in [0.05, 0.1) is 6.42 Å². The second-order valence-electron chi connectivity index (χ2n) is 7.46. The van der Waals surface area contributed by atoms with Crippen molar-refractivity contribution < 1.29 is 14.3 Å². The lowest BCUT2D eigenvalue weighted by atomic mass is 10.1. The SMILES string of the molecule is O=C(Cc1ccc2c(c1)OCCO2)N1CCc2ccc(N3CCCC3)cc21. The molecule has 1 fully saturated rings. The standard InChI is InChI=1S/C22H24N2O3/c25-22(14-16-3-6-20-21(13-16)27-12-11-26-20)24-10-7-17-4-5-18(15-19(17)24)23-8-1-2-9-23/h3-6,13,15H,1-2,7-12,14H2. The smallest absolute Gasteiger partial charge is 0.231 e. The number of carbonyl (C=O) groups is 1. The van der Waals surface area contributed by atoms with E-state index in [4.69, 9.17) is 9.47 Å². The summed E-state index contributed by atoms with van der Waals surface area (Å²) >= 11 is 0. The van der Waals surface area contributed by atoms with Gasteiger partial charge in [0.1, 0.15) is 13.2 Å². The first-order valence-electron chi connectivity index (χ1n) is 9.85. The zero-order chi connectivity index (χ0) is 18.2. The van der Waals surface area contributed by atoms with Gasteiger partial charge in [-0.2, -0.15) is 0 Å². The lowest BCUT2D eigenvalue weighted by Gasteiger charge is -2.22. The summed E-state index contributed by atoms with van der Waals surface area (Å²) in [6.45, 7) is 4.13. The Labute approximate surface area is 159 Å². The summed E-state index contributed by atoms with van der Waals surface area (Å²) in [5.41, 5.74) is 4.56. The Morgan fingerprint density at radius 1 is 0.926 bits per heavy atom. The van der Waals surface area contributed by atoms with E-state index in [0.29, 0.717) is 19.6 Å². The van der Waals surface area contributed by atoms with Crippen molar-refractivity contribution in [1.29, 1.82) is 0 Å². The van der Waals surface area contributed by atoms with Gasteiger partial charge in [0.25, 0.3) is 0 Å². The highest BCUT2D eigenvalue weighted by molar-refractivity contribution is 5.97. The summed E-state index contributed by atoms with van der Waals surface area (Å²) in [4.78, 5) is 17.4. The Kier molecular flexibility index (Phi) is 4.15. The molecule has 27 heavy (non-hydrogen) atoms. The number of nitrogens with zero attached hydrogens (tertiary/aromatic N) is 2. The van der Waals surface area contributed by atoms with Gasteiger partial charge in [-0.05, 0) is 54.7 Å². The minimum atomic E-state index is 0.143. The Bertz CT molecular complexity index is 874. The highest BCUT2D eigenvalue weighted by Crippen LogP contribution is 2.35. The first-order chi connectivity index (χ1) is 13.3. The second-order valence-corrected chi connectivity index (χ2v) is 7.46. The maximum Gasteiger partial charge on any atom is 0.231 e. The third-order valence-electron chi connectivity index (χ3n) is 5.70. The molecule has 0 bridgehead atoms. The molecule has 140 valence electrons. The molecule has 3 aliphatic rings. The zero-order valence-corrected chi connectivity index (χ0v) is 15.4. The van der Waals surface area contributed by atoms with E-state index in [9.17, 15) is 4.79 Å². The number of anilines is 2. The molecule has 3 aliphatic heterocycles. The van der Waals surface area contributed by atoms with E-state index in [-0.39, 0.29) is 5.91 Å². The van der Waals surface area contributed by atoms with Crippen LogP contribution in [0.3, 0.4) is 0 Å². The van der Waals surface area contributed by atoms with Crippen LogP contribution in [-0.2, 0) is 17.6 Å². The first-order valence-corrected chi connectivity index (χ1v) is 9.85. The van der Waals surface area contributed by atoms with Crippen molar-refractivity contribution in [3.05, 3.63) is 47.5 Å². The summed E-state index contributed by atoms with van der Waals surface area (Å²) in [6, 6.07) is 12.4. The number of rotatable bonds is 3. The lowest BCUT2D eigenvalue weighted by molar-refractivity contribution is -0.117. The molecule has 0 aliphatic carbocycles. The van der Waals surface area contributed by atoms with Gasteiger partial charge in [0, 0.05) is 31.0 Å². The fraction of sp³-hybridized carbons (Fsp3) is 0.409. The highest BCUT2D eigenvalue weighted by atomic mass is 16.6. The van der Waals surface area contributed by atoms with E-state index < -0.39 is 0 Å². The minimum absolute atomic E-state index is 0.143. The van der Waals surface area contributed by atoms with E-state index in [0.717, 1.165) is 48.8 Å². The molecule has 5 nitrogen and oxygen atoms in total. The number of amides is 1. The number of carbonyl (C=O) groups excluding carboxylic acids is 1. The van der Waals surface area contributed by atoms with Crippen LogP contribution in [0.2, 0.25) is 0 Å². The fourth-order valence-electron chi connectivity index (χ4n) is 4.27. The van der Waals surface area contributed by atoms with Crippen molar-refractivity contribution >= 4 is 17.3 Å². The largest absolute Gasteiger partial charge is 0.486 e. The van der Waals surface area contributed by atoms with Gasteiger partial charge < -0.3 is 19.3 Å². The molecule has 0 radical (unpaired) electrons. The normalized spacial score (nSPS) is 17.9. The summed E-state index contributed by atoms with van der Waals surface area (Å²) in [6.07, 6.45) is 3.82. The van der Waals surface area contributed by atoms with Crippen LogP contribution >= 0.6 is 0 Å². The number of fused-ring (bicyclic) bond motifs is 2. The maximum atomic E-state index is 13.0. The molecule has 3 heterocycles. The molecule has 0 atom stereocenters. The van der Waals surface area contributed by atoms with Crippen molar-refractivity contribution in [3.8, 4) is 11.5 Å². The monoisotopic (exact) mass is 364 g/mol. The Balaban J connectivity index is 1.35. The first kappa shape index (κ1) is 16.5. The number of benzene rings is 2. The number of hydrogen-bond donors (Lipinski definition) is 0. The van der Waals surface area contributed by atoms with Crippen LogP contribution in [0.5, 0.6) is 11.5 Å². The molecular formula is C22H24N2O3. The molecule has 5 rings (SSSR count). The average Bonchev–Trinajstić information content (AvgIpc) is 3.37. The molecular weight excluding hydrogens is 340 g/mol. The van der Waals surface area contributed by atoms with Crippen molar-refractivity contribution in [3.63, 3.8) is 0 Å². The maximum absolute atomic E-state index is 13.0. The molecule has 1 amide bonds. The molecule has 2 aromatic rings. The summed E-state index contributed by atoms with van der Waals surface area (Å²) in [5.74, 6) is 1.65. The van der Waals surface area contributed by atoms with Gasteiger partial charge in [0.15, 0.2) is 11.5 Å². The van der Waals surface area contributed by atoms with E-state index in [1.165, 1.54) is 24.1 Å². The van der Waals surface area contributed by atoms with Gasteiger partial charge in [-0.1, -0.05) is 12.1 Å². The Morgan fingerprint density at radius 3 is 2.59 bits per heavy atom. The van der Waals surface area contributed by atoms with Crippen LogP contribution in [-0.4, -0.2) is 38.8 Å². The van der Waals surface area contributed by atoms with E-state index in [2.05, 4.69) is 23.1 Å². The van der Waals surface area contributed by atoms with Crippen molar-refractivity contribution in [2.45, 2.75) is 25.7 Å². The number of hydrogen-bond acceptors (Lipinski definition) is 4. The minimum Gasteiger partial charge on any atom is -0.486 e. The molecule has 0 aromatic heterocycles. The molecule has 2 aromatic carbocycles. The predicted octanol–water partition coefficient (Wildman–Crippen LogP) is 3.19. The molecule has 0 N–H and O–H groups in total. The molecule has 0 saturated carbocycles. The Hall–Kier alpha value is -2.69. The molecule has 0 spiro atoms. The molecule has 0 unspecified atom stereocenters.